The van der Waals surface area contributed by atoms with E-state index in [4.69, 9.17) is 9.40 Å². The Hall–Kier alpha value is -4.56. The summed E-state index contributed by atoms with van der Waals surface area (Å²) in [6.07, 6.45) is 3.98. The molecule has 0 N–H and O–H groups in total. The summed E-state index contributed by atoms with van der Waals surface area (Å²) in [7, 11) is 1.82. The van der Waals surface area contributed by atoms with Gasteiger partial charge in [-0.05, 0) is 93.0 Å². The topological polar surface area (TPSA) is 71.6 Å². The molecule has 0 bridgehead atoms. The SMILES string of the molecule is CN(CC(CCN1CCC(C(=O)c2nc3ccccc3n2Cc2ccco2)CC1)c1ccc(F)cc1)C(=O)c1ccccc1. The van der Waals surface area contributed by atoms with Crippen LogP contribution in [0.25, 0.3) is 11.0 Å². The minimum Gasteiger partial charge on any atom is -0.467 e. The second kappa shape index (κ2) is 13.4. The van der Waals surface area contributed by atoms with Crippen molar-refractivity contribution >= 4 is 22.7 Å². The number of hydrogen-bond acceptors (Lipinski definition) is 5. The number of carbonyl (C=O) groups excluding carboxylic acids is 2. The summed E-state index contributed by atoms with van der Waals surface area (Å²) in [6, 6.07) is 27.5. The lowest BCUT2D eigenvalue weighted by atomic mass is 9.90. The van der Waals surface area contributed by atoms with Gasteiger partial charge in [-0.15, -0.1) is 0 Å². The van der Waals surface area contributed by atoms with Gasteiger partial charge in [0, 0.05) is 31.0 Å². The van der Waals surface area contributed by atoms with Crippen LogP contribution in [0.1, 0.15) is 57.5 Å². The predicted octanol–water partition coefficient (Wildman–Crippen LogP) is 6.66. The van der Waals surface area contributed by atoms with Crippen molar-refractivity contribution < 1.29 is 18.4 Å². The number of benzene rings is 3. The Morgan fingerprint density at radius 2 is 1.68 bits per heavy atom. The van der Waals surface area contributed by atoms with E-state index in [-0.39, 0.29) is 29.3 Å². The third kappa shape index (κ3) is 6.65. The number of carbonyl (C=O) groups is 2. The van der Waals surface area contributed by atoms with Crippen LogP contribution >= 0.6 is 0 Å². The summed E-state index contributed by atoms with van der Waals surface area (Å²) in [5, 5.41) is 0. The van der Waals surface area contributed by atoms with Crippen molar-refractivity contribution in [3.63, 3.8) is 0 Å². The van der Waals surface area contributed by atoms with E-state index in [9.17, 15) is 14.0 Å². The van der Waals surface area contributed by atoms with Crippen LogP contribution in [0.3, 0.4) is 0 Å². The number of imidazole rings is 1. The summed E-state index contributed by atoms with van der Waals surface area (Å²) in [4.78, 5) is 35.8. The fraction of sp³-hybridized carbons (Fsp3) is 0.306. The quantitative estimate of drug-likeness (QED) is 0.161. The van der Waals surface area contributed by atoms with Crippen LogP contribution in [0, 0.1) is 11.7 Å². The highest BCUT2D eigenvalue weighted by Gasteiger charge is 2.30. The van der Waals surface area contributed by atoms with Gasteiger partial charge in [-0.1, -0.05) is 42.5 Å². The molecule has 0 saturated carbocycles. The van der Waals surface area contributed by atoms with E-state index in [1.165, 1.54) is 12.1 Å². The number of likely N-dealkylation sites (tertiary alicyclic amines) is 1. The van der Waals surface area contributed by atoms with Crippen LogP contribution in [-0.4, -0.2) is 64.3 Å². The van der Waals surface area contributed by atoms with E-state index >= 15 is 0 Å². The smallest absolute Gasteiger partial charge is 0.253 e. The Morgan fingerprint density at radius 3 is 2.41 bits per heavy atom. The minimum absolute atomic E-state index is 0.0323. The number of fused-ring (bicyclic) bond motifs is 1. The molecule has 1 saturated heterocycles. The van der Waals surface area contributed by atoms with Gasteiger partial charge in [0.15, 0.2) is 5.82 Å². The first-order valence-electron chi connectivity index (χ1n) is 15.3. The number of amides is 1. The Bertz CT molecular complexity index is 1690. The average molecular weight is 593 g/mol. The molecule has 226 valence electrons. The Morgan fingerprint density at radius 1 is 0.955 bits per heavy atom. The molecule has 44 heavy (non-hydrogen) atoms. The fourth-order valence-electron chi connectivity index (χ4n) is 6.23. The van der Waals surface area contributed by atoms with Gasteiger partial charge in [-0.2, -0.15) is 0 Å². The van der Waals surface area contributed by atoms with Crippen LogP contribution in [-0.2, 0) is 6.54 Å². The molecule has 1 atom stereocenters. The second-order valence-corrected chi connectivity index (χ2v) is 11.7. The third-order valence-corrected chi connectivity index (χ3v) is 8.72. The first kappa shape index (κ1) is 29.5. The van der Waals surface area contributed by atoms with Crippen molar-refractivity contribution in [1.29, 1.82) is 0 Å². The van der Waals surface area contributed by atoms with E-state index in [2.05, 4.69) is 4.90 Å². The molecular formula is C36H37FN4O3. The normalized spacial score (nSPS) is 15.0. The molecule has 0 radical (unpaired) electrons. The number of Topliss-reactive ketones (excluding diaryl/α,β-unsaturated/α-hetero) is 1. The zero-order chi connectivity index (χ0) is 30.5. The molecular weight excluding hydrogens is 555 g/mol. The molecule has 2 aromatic heterocycles. The van der Waals surface area contributed by atoms with E-state index in [0.29, 0.717) is 24.5 Å². The van der Waals surface area contributed by atoms with E-state index in [0.717, 1.165) is 61.3 Å². The molecule has 5 aromatic rings. The van der Waals surface area contributed by atoms with Gasteiger partial charge in [0.2, 0.25) is 5.78 Å². The first-order chi connectivity index (χ1) is 21.5. The number of ketones is 1. The van der Waals surface area contributed by atoms with Crippen LogP contribution < -0.4 is 0 Å². The Kier molecular flexibility index (Phi) is 8.98. The molecule has 1 unspecified atom stereocenters. The number of aromatic nitrogens is 2. The maximum absolute atomic E-state index is 13.8. The number of rotatable bonds is 11. The van der Waals surface area contributed by atoms with Crippen molar-refractivity contribution in [1.82, 2.24) is 19.4 Å². The number of furan rings is 1. The van der Waals surface area contributed by atoms with Crippen LogP contribution in [0.2, 0.25) is 0 Å². The van der Waals surface area contributed by atoms with Gasteiger partial charge in [0.25, 0.3) is 5.91 Å². The van der Waals surface area contributed by atoms with Crippen molar-refractivity contribution in [2.75, 3.05) is 33.2 Å². The highest BCUT2D eigenvalue weighted by atomic mass is 19.1. The molecule has 1 aliphatic rings. The van der Waals surface area contributed by atoms with Gasteiger partial charge >= 0.3 is 0 Å². The molecule has 6 rings (SSSR count). The second-order valence-electron chi connectivity index (χ2n) is 11.7. The summed E-state index contributed by atoms with van der Waals surface area (Å²) in [6.45, 7) is 3.43. The molecule has 1 fully saturated rings. The largest absolute Gasteiger partial charge is 0.467 e. The zero-order valence-corrected chi connectivity index (χ0v) is 24.9. The number of piperidine rings is 1. The van der Waals surface area contributed by atoms with Crippen LogP contribution in [0.15, 0.2) is 102 Å². The van der Waals surface area contributed by atoms with Gasteiger partial charge in [0.1, 0.15) is 11.6 Å². The van der Waals surface area contributed by atoms with Crippen LogP contribution in [0.5, 0.6) is 0 Å². The van der Waals surface area contributed by atoms with E-state index in [1.807, 2.05) is 90.5 Å². The molecule has 7 nitrogen and oxygen atoms in total. The summed E-state index contributed by atoms with van der Waals surface area (Å²) in [5.41, 5.74) is 3.39. The number of halogens is 1. The summed E-state index contributed by atoms with van der Waals surface area (Å²) in [5.74, 6) is 1.00. The van der Waals surface area contributed by atoms with Crippen molar-refractivity contribution in [3.05, 3.63) is 126 Å². The maximum Gasteiger partial charge on any atom is 0.253 e. The van der Waals surface area contributed by atoms with Gasteiger partial charge < -0.3 is 18.8 Å². The van der Waals surface area contributed by atoms with Crippen molar-refractivity contribution in [3.8, 4) is 0 Å². The fourth-order valence-corrected chi connectivity index (χ4v) is 6.23. The Balaban J connectivity index is 1.10. The van der Waals surface area contributed by atoms with Gasteiger partial charge in [-0.3, -0.25) is 9.59 Å². The van der Waals surface area contributed by atoms with Gasteiger partial charge in [-0.25, -0.2) is 9.37 Å². The molecule has 3 heterocycles. The number of likely N-dealkylation sites (N-methyl/N-ethyl adjacent to an activating group) is 1. The lowest BCUT2D eigenvalue weighted by molar-refractivity contribution is 0.0779. The summed E-state index contributed by atoms with van der Waals surface area (Å²) < 4.78 is 21.3. The minimum atomic E-state index is -0.273. The average Bonchev–Trinajstić information content (AvgIpc) is 3.72. The van der Waals surface area contributed by atoms with E-state index in [1.54, 1.807) is 11.2 Å². The summed E-state index contributed by atoms with van der Waals surface area (Å²) >= 11 is 0. The predicted molar refractivity (Wildman–Crippen MR) is 168 cm³/mol. The van der Waals surface area contributed by atoms with Crippen molar-refractivity contribution in [2.45, 2.75) is 31.7 Å². The number of para-hydroxylation sites is 2. The third-order valence-electron chi connectivity index (χ3n) is 8.72. The van der Waals surface area contributed by atoms with Gasteiger partial charge in [0.05, 0.1) is 23.8 Å². The molecule has 3 aromatic carbocycles. The molecule has 0 spiro atoms. The number of nitrogens with zero attached hydrogens (tertiary/aromatic N) is 4. The molecule has 0 aliphatic carbocycles. The van der Waals surface area contributed by atoms with Crippen molar-refractivity contribution in [2.24, 2.45) is 5.92 Å². The monoisotopic (exact) mass is 592 g/mol. The highest BCUT2D eigenvalue weighted by molar-refractivity contribution is 5.98. The highest BCUT2D eigenvalue weighted by Crippen LogP contribution is 2.27. The molecule has 1 amide bonds. The standard InChI is InChI=1S/C36H37FN4O3/c1-39(36(43)28-8-3-2-4-9-28)24-29(26-13-15-30(37)16-14-26)19-22-40-20-17-27(18-21-40)34(42)35-38-32-11-5-6-12-33(32)41(35)25-31-10-7-23-44-31/h2-16,23,27,29H,17-22,24-25H2,1H3. The molecule has 1 aliphatic heterocycles. The lowest BCUT2D eigenvalue weighted by Gasteiger charge is -2.33. The lowest BCUT2D eigenvalue weighted by Crippen LogP contribution is -2.38. The first-order valence-corrected chi connectivity index (χ1v) is 15.3. The molecule has 8 heteroatoms. The Labute approximate surface area is 256 Å². The zero-order valence-electron chi connectivity index (χ0n) is 24.9. The maximum atomic E-state index is 13.8. The van der Waals surface area contributed by atoms with Crippen LogP contribution in [0.4, 0.5) is 4.39 Å². The number of hydrogen-bond donors (Lipinski definition) is 0. The van der Waals surface area contributed by atoms with E-state index < -0.39 is 0 Å².